The van der Waals surface area contributed by atoms with Crippen LogP contribution in [0.15, 0.2) is 18.2 Å². The van der Waals surface area contributed by atoms with E-state index in [1.165, 1.54) is 6.07 Å². The number of aromatic carboxylic acids is 1. The van der Waals surface area contributed by atoms with Gasteiger partial charge in [-0.15, -0.1) is 0 Å². The van der Waals surface area contributed by atoms with Crippen LogP contribution in [0.5, 0.6) is 0 Å². The highest BCUT2D eigenvalue weighted by molar-refractivity contribution is 5.93. The minimum atomic E-state index is -0.967. The predicted molar refractivity (Wildman–Crippen MR) is 70.8 cm³/mol. The zero-order valence-corrected chi connectivity index (χ0v) is 11.2. The van der Waals surface area contributed by atoms with Crippen LogP contribution in [0.2, 0.25) is 0 Å². The van der Waals surface area contributed by atoms with Gasteiger partial charge >= 0.3 is 5.97 Å². The summed E-state index contributed by atoms with van der Waals surface area (Å²) in [6.45, 7) is 7.76. The quantitative estimate of drug-likeness (QED) is 0.865. The maximum absolute atomic E-state index is 11.8. The summed E-state index contributed by atoms with van der Waals surface area (Å²) in [5.74, 6) is -1.03. The molecule has 0 aliphatic carbocycles. The molecular weight excluding hydrogens is 230 g/mol. The fraction of sp³-hybridized carbons (Fsp3) is 0.429. The minimum Gasteiger partial charge on any atom is -0.478 e. The van der Waals surface area contributed by atoms with Gasteiger partial charge in [0.25, 0.3) is 0 Å². The number of nitrogens with one attached hydrogen (secondary N) is 1. The van der Waals surface area contributed by atoms with E-state index in [9.17, 15) is 9.59 Å². The molecule has 0 aliphatic rings. The Morgan fingerprint density at radius 1 is 1.28 bits per heavy atom. The highest BCUT2D eigenvalue weighted by atomic mass is 16.4. The molecule has 18 heavy (non-hydrogen) atoms. The molecule has 0 bridgehead atoms. The molecule has 98 valence electrons. The number of aryl methyl sites for hydroxylation is 1. The lowest BCUT2D eigenvalue weighted by Crippen LogP contribution is -2.20. The van der Waals surface area contributed by atoms with Crippen molar-refractivity contribution in [3.8, 4) is 0 Å². The van der Waals surface area contributed by atoms with Crippen LogP contribution in [0.4, 0.5) is 5.69 Å². The van der Waals surface area contributed by atoms with Gasteiger partial charge in [-0.2, -0.15) is 0 Å². The third-order valence-electron chi connectivity index (χ3n) is 2.44. The van der Waals surface area contributed by atoms with E-state index < -0.39 is 5.97 Å². The fourth-order valence-electron chi connectivity index (χ4n) is 1.61. The summed E-state index contributed by atoms with van der Waals surface area (Å²) in [5, 5.41) is 11.6. The SMILES string of the molecule is Cc1cc(C(=O)O)ccc1NC(=O)CC(C)(C)C. The van der Waals surface area contributed by atoms with Crippen molar-refractivity contribution >= 4 is 17.6 Å². The number of anilines is 1. The second kappa shape index (κ2) is 5.21. The van der Waals surface area contributed by atoms with Crippen molar-refractivity contribution in [2.24, 2.45) is 5.41 Å². The number of rotatable bonds is 3. The van der Waals surface area contributed by atoms with Gasteiger partial charge in [-0.05, 0) is 36.1 Å². The Bertz CT molecular complexity index is 472. The number of carbonyl (C=O) groups is 2. The molecule has 1 amide bonds. The van der Waals surface area contributed by atoms with Gasteiger partial charge in [0.05, 0.1) is 5.56 Å². The predicted octanol–water partition coefficient (Wildman–Crippen LogP) is 3.07. The van der Waals surface area contributed by atoms with Crippen LogP contribution in [-0.2, 0) is 4.79 Å². The van der Waals surface area contributed by atoms with Gasteiger partial charge in [-0.1, -0.05) is 20.8 Å². The first kappa shape index (κ1) is 14.2. The maximum Gasteiger partial charge on any atom is 0.335 e. The number of carboxylic acid groups (broad SMARTS) is 1. The molecule has 4 heteroatoms. The van der Waals surface area contributed by atoms with Crippen LogP contribution in [0.25, 0.3) is 0 Å². The molecule has 0 atom stereocenters. The summed E-state index contributed by atoms with van der Waals surface area (Å²) in [4.78, 5) is 22.6. The molecule has 4 nitrogen and oxygen atoms in total. The van der Waals surface area contributed by atoms with Crippen molar-refractivity contribution in [3.05, 3.63) is 29.3 Å². The fourth-order valence-corrected chi connectivity index (χ4v) is 1.61. The van der Waals surface area contributed by atoms with Crippen molar-refractivity contribution in [3.63, 3.8) is 0 Å². The Hall–Kier alpha value is -1.84. The molecule has 0 saturated carbocycles. The summed E-state index contributed by atoms with van der Waals surface area (Å²) in [6.07, 6.45) is 0.424. The van der Waals surface area contributed by atoms with Crippen LogP contribution in [0.3, 0.4) is 0 Å². The van der Waals surface area contributed by atoms with Gasteiger partial charge < -0.3 is 10.4 Å². The van der Waals surface area contributed by atoms with E-state index in [0.717, 1.165) is 5.56 Å². The summed E-state index contributed by atoms with van der Waals surface area (Å²) >= 11 is 0. The third kappa shape index (κ3) is 4.20. The van der Waals surface area contributed by atoms with Gasteiger partial charge in [0.2, 0.25) is 5.91 Å². The highest BCUT2D eigenvalue weighted by Gasteiger charge is 2.16. The Morgan fingerprint density at radius 2 is 1.89 bits per heavy atom. The molecule has 0 spiro atoms. The molecule has 1 aromatic rings. The Balaban J connectivity index is 2.80. The lowest BCUT2D eigenvalue weighted by molar-refractivity contribution is -0.117. The number of benzene rings is 1. The lowest BCUT2D eigenvalue weighted by atomic mass is 9.92. The Morgan fingerprint density at radius 3 is 2.33 bits per heavy atom. The summed E-state index contributed by atoms with van der Waals surface area (Å²) in [6, 6.07) is 4.66. The first-order valence-electron chi connectivity index (χ1n) is 5.83. The van der Waals surface area contributed by atoms with E-state index in [1.807, 2.05) is 20.8 Å². The lowest BCUT2D eigenvalue weighted by Gasteiger charge is -2.18. The zero-order valence-electron chi connectivity index (χ0n) is 11.2. The van der Waals surface area contributed by atoms with Crippen LogP contribution >= 0.6 is 0 Å². The van der Waals surface area contributed by atoms with Gasteiger partial charge in [0, 0.05) is 12.1 Å². The highest BCUT2D eigenvalue weighted by Crippen LogP contribution is 2.21. The first-order chi connectivity index (χ1) is 8.19. The second-order valence-electron chi connectivity index (χ2n) is 5.62. The molecule has 1 rings (SSSR count). The molecular formula is C14H19NO3. The van der Waals surface area contributed by atoms with Gasteiger partial charge in [0.1, 0.15) is 0 Å². The molecule has 0 radical (unpaired) electrons. The molecule has 0 aliphatic heterocycles. The monoisotopic (exact) mass is 249 g/mol. The Labute approximate surface area is 107 Å². The van der Waals surface area contributed by atoms with E-state index in [1.54, 1.807) is 19.1 Å². The normalized spacial score (nSPS) is 11.1. The number of carbonyl (C=O) groups excluding carboxylic acids is 1. The molecule has 0 heterocycles. The third-order valence-corrected chi connectivity index (χ3v) is 2.44. The number of carboxylic acids is 1. The zero-order chi connectivity index (χ0) is 13.9. The standard InChI is InChI=1S/C14H19NO3/c1-9-7-10(13(17)18)5-6-11(9)15-12(16)8-14(2,3)4/h5-7H,8H2,1-4H3,(H,15,16)(H,17,18). The summed E-state index contributed by atoms with van der Waals surface area (Å²) in [5.41, 5.74) is 1.56. The van der Waals surface area contributed by atoms with Crippen molar-refractivity contribution in [2.45, 2.75) is 34.1 Å². The molecule has 0 fully saturated rings. The van der Waals surface area contributed by atoms with Crippen molar-refractivity contribution in [2.75, 3.05) is 5.32 Å². The van der Waals surface area contributed by atoms with Gasteiger partial charge in [-0.25, -0.2) is 4.79 Å². The van der Waals surface area contributed by atoms with Gasteiger partial charge in [-0.3, -0.25) is 4.79 Å². The molecule has 0 aromatic heterocycles. The number of hydrogen-bond acceptors (Lipinski definition) is 2. The van der Waals surface area contributed by atoms with Crippen LogP contribution in [0, 0.1) is 12.3 Å². The molecule has 2 N–H and O–H groups in total. The van der Waals surface area contributed by atoms with E-state index in [0.29, 0.717) is 12.1 Å². The first-order valence-corrected chi connectivity index (χ1v) is 5.83. The van der Waals surface area contributed by atoms with Crippen molar-refractivity contribution in [1.29, 1.82) is 0 Å². The summed E-state index contributed by atoms with van der Waals surface area (Å²) in [7, 11) is 0. The summed E-state index contributed by atoms with van der Waals surface area (Å²) < 4.78 is 0. The van der Waals surface area contributed by atoms with Crippen LogP contribution in [-0.4, -0.2) is 17.0 Å². The largest absolute Gasteiger partial charge is 0.478 e. The maximum atomic E-state index is 11.8. The molecule has 1 aromatic carbocycles. The average molecular weight is 249 g/mol. The number of amides is 1. The van der Waals surface area contributed by atoms with E-state index >= 15 is 0 Å². The van der Waals surface area contributed by atoms with E-state index in [4.69, 9.17) is 5.11 Å². The minimum absolute atomic E-state index is 0.0614. The topological polar surface area (TPSA) is 66.4 Å². The van der Waals surface area contributed by atoms with E-state index in [2.05, 4.69) is 5.32 Å². The molecule has 0 saturated heterocycles. The number of hydrogen-bond donors (Lipinski definition) is 2. The Kier molecular flexibility index (Phi) is 4.11. The van der Waals surface area contributed by atoms with E-state index in [-0.39, 0.29) is 16.9 Å². The smallest absolute Gasteiger partial charge is 0.335 e. The van der Waals surface area contributed by atoms with Crippen molar-refractivity contribution in [1.82, 2.24) is 0 Å². The van der Waals surface area contributed by atoms with Crippen LogP contribution < -0.4 is 5.32 Å². The average Bonchev–Trinajstić information content (AvgIpc) is 2.17. The second-order valence-corrected chi connectivity index (χ2v) is 5.62. The van der Waals surface area contributed by atoms with Crippen LogP contribution in [0.1, 0.15) is 43.1 Å². The van der Waals surface area contributed by atoms with Crippen molar-refractivity contribution < 1.29 is 14.7 Å². The van der Waals surface area contributed by atoms with Gasteiger partial charge in [0.15, 0.2) is 0 Å². The molecule has 0 unspecified atom stereocenters.